The highest BCUT2D eigenvalue weighted by Gasteiger charge is 2.29. The van der Waals surface area contributed by atoms with Gasteiger partial charge >= 0.3 is 11.9 Å². The molecule has 0 aromatic rings. The van der Waals surface area contributed by atoms with E-state index in [0.29, 0.717) is 13.0 Å². The number of nitrogens with zero attached hydrogens (tertiary/aromatic N) is 1. The first-order valence-corrected chi connectivity index (χ1v) is 6.56. The number of esters is 2. The van der Waals surface area contributed by atoms with Crippen molar-refractivity contribution in [2.24, 2.45) is 0 Å². The van der Waals surface area contributed by atoms with E-state index in [0.717, 1.165) is 25.8 Å². The summed E-state index contributed by atoms with van der Waals surface area (Å²) in [5, 5.41) is 0. The minimum absolute atomic E-state index is 0.0877. The monoisotopic (exact) mass is 257 g/mol. The Morgan fingerprint density at radius 3 is 2.67 bits per heavy atom. The molecule has 1 aliphatic rings. The van der Waals surface area contributed by atoms with Gasteiger partial charge in [0.05, 0.1) is 19.6 Å². The Balaban J connectivity index is 2.42. The van der Waals surface area contributed by atoms with Crippen molar-refractivity contribution in [3.8, 4) is 0 Å². The maximum atomic E-state index is 11.6. The third-order valence-electron chi connectivity index (χ3n) is 3.06. The second-order valence-corrected chi connectivity index (χ2v) is 4.86. The van der Waals surface area contributed by atoms with Crippen LogP contribution in [0, 0.1) is 0 Å². The van der Waals surface area contributed by atoms with Gasteiger partial charge in [-0.1, -0.05) is 6.42 Å². The van der Waals surface area contributed by atoms with Gasteiger partial charge in [0.2, 0.25) is 0 Å². The fraction of sp³-hybridized carbons (Fsp3) is 0.846. The minimum Gasteiger partial charge on any atom is -0.468 e. The lowest BCUT2D eigenvalue weighted by atomic mass is 10.0. The second-order valence-electron chi connectivity index (χ2n) is 4.86. The molecule has 5 heteroatoms. The fourth-order valence-corrected chi connectivity index (χ4v) is 2.22. The summed E-state index contributed by atoms with van der Waals surface area (Å²) in [6.45, 7) is 5.06. The zero-order valence-electron chi connectivity index (χ0n) is 11.5. The Morgan fingerprint density at radius 1 is 1.33 bits per heavy atom. The quantitative estimate of drug-likeness (QED) is 0.696. The lowest BCUT2D eigenvalue weighted by Crippen LogP contribution is -2.46. The molecule has 1 heterocycles. The Kier molecular flexibility index (Phi) is 6.12. The number of hydrogen-bond donors (Lipinski definition) is 0. The molecule has 1 aliphatic heterocycles. The average molecular weight is 257 g/mol. The Hall–Kier alpha value is -1.10. The summed E-state index contributed by atoms with van der Waals surface area (Å²) in [7, 11) is 1.40. The van der Waals surface area contributed by atoms with Crippen LogP contribution in [0.5, 0.6) is 0 Å². The van der Waals surface area contributed by atoms with E-state index >= 15 is 0 Å². The molecule has 104 valence electrons. The molecule has 18 heavy (non-hydrogen) atoms. The van der Waals surface area contributed by atoms with Crippen LogP contribution in [0.2, 0.25) is 0 Å². The maximum Gasteiger partial charge on any atom is 0.323 e. The van der Waals surface area contributed by atoms with E-state index < -0.39 is 0 Å². The van der Waals surface area contributed by atoms with Gasteiger partial charge in [-0.2, -0.15) is 0 Å². The van der Waals surface area contributed by atoms with Gasteiger partial charge < -0.3 is 9.47 Å². The van der Waals surface area contributed by atoms with E-state index in [1.54, 1.807) is 0 Å². The summed E-state index contributed by atoms with van der Waals surface area (Å²) in [6, 6.07) is -0.199. The first-order valence-electron chi connectivity index (χ1n) is 6.56. The number of carbonyl (C=O) groups excluding carboxylic acids is 2. The molecular weight excluding hydrogens is 234 g/mol. The largest absolute Gasteiger partial charge is 0.468 e. The lowest BCUT2D eigenvalue weighted by molar-refractivity contribution is -0.152. The molecule has 0 amide bonds. The molecule has 1 fully saturated rings. The van der Waals surface area contributed by atoms with Gasteiger partial charge in [-0.3, -0.25) is 14.5 Å². The number of methoxy groups -OCH3 is 1. The van der Waals surface area contributed by atoms with Crippen molar-refractivity contribution >= 4 is 11.9 Å². The molecule has 1 atom stereocenters. The number of rotatable bonds is 5. The SMILES string of the molecule is COC(=O)C1CCCCN1CCC(=O)OC(C)C. The van der Waals surface area contributed by atoms with Gasteiger partial charge in [-0.25, -0.2) is 0 Å². The number of carbonyl (C=O) groups is 2. The fourth-order valence-electron chi connectivity index (χ4n) is 2.22. The third-order valence-corrected chi connectivity index (χ3v) is 3.06. The predicted molar refractivity (Wildman–Crippen MR) is 67.1 cm³/mol. The van der Waals surface area contributed by atoms with Crippen LogP contribution in [-0.2, 0) is 19.1 Å². The van der Waals surface area contributed by atoms with E-state index in [2.05, 4.69) is 0 Å². The van der Waals surface area contributed by atoms with Crippen molar-refractivity contribution in [1.29, 1.82) is 0 Å². The van der Waals surface area contributed by atoms with Crippen LogP contribution < -0.4 is 0 Å². The minimum atomic E-state index is -0.209. The highest BCUT2D eigenvalue weighted by atomic mass is 16.5. The smallest absolute Gasteiger partial charge is 0.323 e. The molecule has 1 rings (SSSR count). The van der Waals surface area contributed by atoms with Crippen LogP contribution in [0.15, 0.2) is 0 Å². The highest BCUT2D eigenvalue weighted by molar-refractivity contribution is 5.76. The van der Waals surface area contributed by atoms with Crippen molar-refractivity contribution in [2.75, 3.05) is 20.2 Å². The Bertz CT molecular complexity index is 291. The summed E-state index contributed by atoms with van der Waals surface area (Å²) >= 11 is 0. The van der Waals surface area contributed by atoms with Crippen LogP contribution >= 0.6 is 0 Å². The molecule has 0 N–H and O–H groups in total. The molecule has 0 aromatic carbocycles. The van der Waals surface area contributed by atoms with Crippen molar-refractivity contribution in [3.05, 3.63) is 0 Å². The van der Waals surface area contributed by atoms with Crippen LogP contribution in [-0.4, -0.2) is 49.2 Å². The second kappa shape index (κ2) is 7.36. The zero-order chi connectivity index (χ0) is 13.5. The predicted octanol–water partition coefficient (Wildman–Crippen LogP) is 1.36. The van der Waals surface area contributed by atoms with Crippen LogP contribution in [0.25, 0.3) is 0 Å². The van der Waals surface area contributed by atoms with E-state index in [1.807, 2.05) is 18.7 Å². The van der Waals surface area contributed by atoms with E-state index in [4.69, 9.17) is 9.47 Å². The molecule has 0 radical (unpaired) electrons. The highest BCUT2D eigenvalue weighted by Crippen LogP contribution is 2.18. The molecule has 0 bridgehead atoms. The summed E-state index contributed by atoms with van der Waals surface area (Å²) in [6.07, 6.45) is 3.15. The third kappa shape index (κ3) is 4.64. The van der Waals surface area contributed by atoms with Gasteiger partial charge in [0.1, 0.15) is 6.04 Å². The van der Waals surface area contributed by atoms with E-state index in [-0.39, 0.29) is 24.1 Å². The molecule has 1 unspecified atom stereocenters. The first kappa shape index (κ1) is 15.0. The summed E-state index contributed by atoms with van der Waals surface area (Å²) in [5.74, 6) is -0.411. The topological polar surface area (TPSA) is 55.8 Å². The van der Waals surface area contributed by atoms with Gasteiger partial charge in [-0.05, 0) is 33.2 Å². The molecule has 0 aliphatic carbocycles. The molecule has 1 saturated heterocycles. The number of hydrogen-bond acceptors (Lipinski definition) is 5. The van der Waals surface area contributed by atoms with Crippen molar-refractivity contribution in [3.63, 3.8) is 0 Å². The van der Waals surface area contributed by atoms with E-state index in [1.165, 1.54) is 7.11 Å². The Morgan fingerprint density at radius 2 is 2.06 bits per heavy atom. The standard InChI is InChI=1S/C13H23NO4/c1-10(2)18-12(15)7-9-14-8-5-4-6-11(14)13(16)17-3/h10-11H,4-9H2,1-3H3. The van der Waals surface area contributed by atoms with Crippen LogP contribution in [0.1, 0.15) is 39.5 Å². The van der Waals surface area contributed by atoms with Crippen LogP contribution in [0.3, 0.4) is 0 Å². The van der Waals surface area contributed by atoms with Gasteiger partial charge in [0.25, 0.3) is 0 Å². The first-order chi connectivity index (χ1) is 8.54. The molecule has 5 nitrogen and oxygen atoms in total. The number of likely N-dealkylation sites (tertiary alicyclic amines) is 1. The van der Waals surface area contributed by atoms with Gasteiger partial charge in [0, 0.05) is 6.54 Å². The summed E-state index contributed by atoms with van der Waals surface area (Å²) in [4.78, 5) is 25.1. The Labute approximate surface area is 108 Å². The molecule has 0 aromatic heterocycles. The van der Waals surface area contributed by atoms with Crippen LogP contribution in [0.4, 0.5) is 0 Å². The lowest BCUT2D eigenvalue weighted by Gasteiger charge is -2.33. The van der Waals surface area contributed by atoms with Gasteiger partial charge in [-0.15, -0.1) is 0 Å². The van der Waals surface area contributed by atoms with Crippen molar-refractivity contribution in [2.45, 2.75) is 51.7 Å². The van der Waals surface area contributed by atoms with E-state index in [9.17, 15) is 9.59 Å². The van der Waals surface area contributed by atoms with Crippen molar-refractivity contribution in [1.82, 2.24) is 4.90 Å². The number of ether oxygens (including phenoxy) is 2. The number of piperidine rings is 1. The van der Waals surface area contributed by atoms with Crippen molar-refractivity contribution < 1.29 is 19.1 Å². The normalized spacial score (nSPS) is 20.8. The molecule has 0 saturated carbocycles. The average Bonchev–Trinajstić information content (AvgIpc) is 2.35. The summed E-state index contributed by atoms with van der Waals surface area (Å²) < 4.78 is 9.88. The maximum absolute atomic E-state index is 11.6. The molecular formula is C13H23NO4. The van der Waals surface area contributed by atoms with Gasteiger partial charge in [0.15, 0.2) is 0 Å². The summed E-state index contributed by atoms with van der Waals surface area (Å²) in [5.41, 5.74) is 0. The molecule has 0 spiro atoms. The zero-order valence-corrected chi connectivity index (χ0v) is 11.5.